The van der Waals surface area contributed by atoms with Crippen LogP contribution in [0.4, 0.5) is 10.5 Å². The summed E-state index contributed by atoms with van der Waals surface area (Å²) in [5.74, 6) is -2.16. The van der Waals surface area contributed by atoms with Crippen molar-refractivity contribution in [3.63, 3.8) is 0 Å². The number of carbonyl (C=O) groups is 4. The molecular formula is C30H36N4O6. The van der Waals surface area contributed by atoms with E-state index in [0.29, 0.717) is 11.3 Å². The third-order valence-corrected chi connectivity index (χ3v) is 6.08. The monoisotopic (exact) mass is 548 g/mol. The van der Waals surface area contributed by atoms with E-state index in [9.17, 15) is 24.3 Å². The highest BCUT2D eigenvalue weighted by Crippen LogP contribution is 2.28. The predicted molar refractivity (Wildman–Crippen MR) is 152 cm³/mol. The summed E-state index contributed by atoms with van der Waals surface area (Å²) in [5.41, 5.74) is 6.28. The van der Waals surface area contributed by atoms with Crippen LogP contribution in [0.25, 0.3) is 10.8 Å². The number of aliphatic hydroxyl groups is 1. The zero-order chi connectivity index (χ0) is 29.4. The largest absolute Gasteiger partial charge is 0.444 e. The summed E-state index contributed by atoms with van der Waals surface area (Å²) in [7, 11) is 0. The van der Waals surface area contributed by atoms with Crippen molar-refractivity contribution in [1.29, 1.82) is 0 Å². The summed E-state index contributed by atoms with van der Waals surface area (Å²) >= 11 is 0. The van der Waals surface area contributed by atoms with Crippen LogP contribution in [-0.4, -0.2) is 58.6 Å². The number of benzene rings is 3. The Balaban J connectivity index is 2.01. The number of hydrogen-bond acceptors (Lipinski definition) is 6. The molecule has 3 rings (SSSR count). The van der Waals surface area contributed by atoms with Gasteiger partial charge in [-0.3, -0.25) is 14.4 Å². The standard InChI is InChI=1S/C30H36N4O6/c1-19-9-5-8-12-23(19)26(27(37)32-22-14-13-20-10-6-7-11-21(20)17-22)34(15-16-35)28(38)24(18-25(31)36)33-29(39)40-30(2,3)4/h5-14,17,24,26,35H,15-16,18H2,1-4H3,(H2,31,36)(H,32,37)(H,33,39). The van der Waals surface area contributed by atoms with Gasteiger partial charge in [-0.15, -0.1) is 0 Å². The zero-order valence-corrected chi connectivity index (χ0v) is 23.1. The molecule has 0 saturated carbocycles. The average Bonchev–Trinajstić information content (AvgIpc) is 2.87. The molecule has 0 aromatic heterocycles. The number of primary amides is 1. The fourth-order valence-corrected chi connectivity index (χ4v) is 4.35. The Morgan fingerprint density at radius 2 is 1.62 bits per heavy atom. The molecule has 2 atom stereocenters. The Hall–Kier alpha value is -4.44. The number of carbonyl (C=O) groups excluding carboxylic acids is 4. The minimum Gasteiger partial charge on any atom is -0.444 e. The number of aliphatic hydroxyl groups excluding tert-OH is 1. The molecule has 0 aliphatic carbocycles. The van der Waals surface area contributed by atoms with Crippen LogP contribution in [0.15, 0.2) is 66.7 Å². The third kappa shape index (κ3) is 8.03. The van der Waals surface area contributed by atoms with Gasteiger partial charge in [-0.1, -0.05) is 54.6 Å². The number of nitrogens with one attached hydrogen (secondary N) is 2. The zero-order valence-electron chi connectivity index (χ0n) is 23.1. The predicted octanol–water partition coefficient (Wildman–Crippen LogP) is 3.42. The highest BCUT2D eigenvalue weighted by Gasteiger charge is 2.37. The fraction of sp³-hybridized carbons (Fsp3) is 0.333. The summed E-state index contributed by atoms with van der Waals surface area (Å²) < 4.78 is 5.26. The molecule has 0 radical (unpaired) electrons. The Morgan fingerprint density at radius 1 is 0.975 bits per heavy atom. The van der Waals surface area contributed by atoms with Crippen LogP contribution in [0.1, 0.15) is 44.4 Å². The van der Waals surface area contributed by atoms with Crippen LogP contribution in [0.3, 0.4) is 0 Å². The van der Waals surface area contributed by atoms with Gasteiger partial charge in [0.1, 0.15) is 17.7 Å². The van der Waals surface area contributed by atoms with Gasteiger partial charge < -0.3 is 31.1 Å². The molecule has 40 heavy (non-hydrogen) atoms. The van der Waals surface area contributed by atoms with Gasteiger partial charge in [0.2, 0.25) is 11.8 Å². The molecule has 4 amide bonds. The number of alkyl carbamates (subject to hydrolysis) is 1. The van der Waals surface area contributed by atoms with Gasteiger partial charge in [0.25, 0.3) is 5.91 Å². The van der Waals surface area contributed by atoms with Crippen LogP contribution in [0, 0.1) is 6.92 Å². The van der Waals surface area contributed by atoms with Crippen LogP contribution in [0.5, 0.6) is 0 Å². The van der Waals surface area contributed by atoms with Gasteiger partial charge in [-0.25, -0.2) is 4.79 Å². The van der Waals surface area contributed by atoms with Gasteiger partial charge in [-0.2, -0.15) is 0 Å². The maximum absolute atomic E-state index is 13.9. The number of fused-ring (bicyclic) bond motifs is 1. The Labute approximate surface area is 233 Å². The van der Waals surface area contributed by atoms with Crippen molar-refractivity contribution in [2.45, 2.75) is 51.8 Å². The van der Waals surface area contributed by atoms with Crippen molar-refractivity contribution in [3.8, 4) is 0 Å². The van der Waals surface area contributed by atoms with Gasteiger partial charge in [0, 0.05) is 12.2 Å². The highest BCUT2D eigenvalue weighted by molar-refractivity contribution is 6.01. The van der Waals surface area contributed by atoms with Crippen LogP contribution in [-0.2, 0) is 19.1 Å². The number of hydrogen-bond donors (Lipinski definition) is 4. The molecular weight excluding hydrogens is 512 g/mol. The highest BCUT2D eigenvalue weighted by atomic mass is 16.6. The quantitative estimate of drug-likeness (QED) is 0.305. The summed E-state index contributed by atoms with van der Waals surface area (Å²) in [6, 6.07) is 17.5. The number of nitrogens with two attached hydrogens (primary N) is 1. The molecule has 0 fully saturated rings. The molecule has 3 aromatic rings. The van der Waals surface area contributed by atoms with Gasteiger partial charge >= 0.3 is 6.09 Å². The second-order valence-corrected chi connectivity index (χ2v) is 10.4. The van der Waals surface area contributed by atoms with Gasteiger partial charge in [-0.05, 0) is 61.7 Å². The first-order valence-electron chi connectivity index (χ1n) is 12.9. The van der Waals surface area contributed by atoms with E-state index < -0.39 is 54.5 Å². The first-order chi connectivity index (χ1) is 18.9. The molecule has 0 spiro atoms. The van der Waals surface area contributed by atoms with E-state index in [0.717, 1.165) is 21.2 Å². The van der Waals surface area contributed by atoms with Crippen molar-refractivity contribution < 1.29 is 29.0 Å². The topological polar surface area (TPSA) is 151 Å². The first-order valence-corrected chi connectivity index (χ1v) is 12.9. The van der Waals surface area contributed by atoms with E-state index in [1.165, 1.54) is 0 Å². The number of rotatable bonds is 10. The normalized spacial score (nSPS) is 12.7. The molecule has 2 unspecified atom stereocenters. The molecule has 3 aromatic carbocycles. The first kappa shape index (κ1) is 30.1. The fourth-order valence-electron chi connectivity index (χ4n) is 4.35. The maximum atomic E-state index is 13.9. The third-order valence-electron chi connectivity index (χ3n) is 6.08. The van der Waals surface area contributed by atoms with E-state index in [4.69, 9.17) is 10.5 Å². The van der Waals surface area contributed by atoms with Crippen LogP contribution < -0.4 is 16.4 Å². The lowest BCUT2D eigenvalue weighted by Crippen LogP contribution is -2.54. The number of ether oxygens (including phenoxy) is 1. The van der Waals surface area contributed by atoms with Crippen molar-refractivity contribution in [1.82, 2.24) is 10.2 Å². The van der Waals surface area contributed by atoms with E-state index in [1.54, 1.807) is 58.0 Å². The SMILES string of the molecule is Cc1ccccc1C(C(=O)Nc1ccc2ccccc2c1)N(CCO)C(=O)C(CC(N)=O)NC(=O)OC(C)(C)C. The van der Waals surface area contributed by atoms with E-state index >= 15 is 0 Å². The summed E-state index contributed by atoms with van der Waals surface area (Å²) in [4.78, 5) is 53.3. The van der Waals surface area contributed by atoms with Crippen molar-refractivity contribution in [2.75, 3.05) is 18.5 Å². The minimum atomic E-state index is -1.43. The Morgan fingerprint density at radius 3 is 2.25 bits per heavy atom. The van der Waals surface area contributed by atoms with E-state index in [-0.39, 0.29) is 6.54 Å². The molecule has 212 valence electrons. The number of amides is 4. The second kappa shape index (κ2) is 13.1. The number of nitrogens with zero attached hydrogens (tertiary/aromatic N) is 1. The van der Waals surface area contributed by atoms with Crippen molar-refractivity contribution in [3.05, 3.63) is 77.9 Å². The molecule has 0 bridgehead atoms. The lowest BCUT2D eigenvalue weighted by molar-refractivity contribution is -0.142. The van der Waals surface area contributed by atoms with Crippen LogP contribution in [0.2, 0.25) is 0 Å². The molecule has 10 nitrogen and oxygen atoms in total. The minimum absolute atomic E-state index is 0.256. The summed E-state index contributed by atoms with van der Waals surface area (Å²) in [6.07, 6.45) is -1.46. The van der Waals surface area contributed by atoms with Gasteiger partial charge in [0.05, 0.1) is 13.0 Å². The smallest absolute Gasteiger partial charge is 0.408 e. The molecule has 10 heteroatoms. The number of anilines is 1. The Kier molecular flexibility index (Phi) is 9.84. The Bertz CT molecular complexity index is 1380. The van der Waals surface area contributed by atoms with E-state index in [1.807, 2.05) is 36.4 Å². The molecule has 0 aliphatic heterocycles. The molecule has 0 heterocycles. The van der Waals surface area contributed by atoms with Crippen molar-refractivity contribution >= 4 is 40.3 Å². The second-order valence-electron chi connectivity index (χ2n) is 10.4. The molecule has 0 saturated heterocycles. The molecule has 5 N–H and O–H groups in total. The summed E-state index contributed by atoms with van der Waals surface area (Å²) in [5, 5.41) is 17.1. The van der Waals surface area contributed by atoms with Gasteiger partial charge in [0.15, 0.2) is 0 Å². The lowest BCUT2D eigenvalue weighted by atomic mass is 9.97. The maximum Gasteiger partial charge on any atom is 0.408 e. The van der Waals surface area contributed by atoms with E-state index in [2.05, 4.69) is 10.6 Å². The van der Waals surface area contributed by atoms with Crippen molar-refractivity contribution in [2.24, 2.45) is 5.73 Å². The average molecular weight is 549 g/mol. The lowest BCUT2D eigenvalue weighted by Gasteiger charge is -2.34. The van der Waals surface area contributed by atoms with Crippen LogP contribution >= 0.6 is 0 Å². The summed E-state index contributed by atoms with van der Waals surface area (Å²) in [6.45, 7) is 6.02. The number of aryl methyl sites for hydroxylation is 1. The molecule has 0 aliphatic rings.